The summed E-state index contributed by atoms with van der Waals surface area (Å²) in [5, 5.41) is 19.3. The summed E-state index contributed by atoms with van der Waals surface area (Å²) in [5.74, 6) is 0.484. The van der Waals surface area contributed by atoms with Crippen molar-refractivity contribution in [2.24, 2.45) is 17.5 Å². The van der Waals surface area contributed by atoms with Gasteiger partial charge < -0.3 is 15.7 Å². The van der Waals surface area contributed by atoms with Crippen LogP contribution in [-0.4, -0.2) is 40.5 Å². The van der Waals surface area contributed by atoms with Crippen molar-refractivity contribution in [2.75, 3.05) is 19.7 Å². The van der Waals surface area contributed by atoms with E-state index in [0.29, 0.717) is 19.0 Å². The molecular weight excluding hydrogens is 359 g/mol. The van der Waals surface area contributed by atoms with Crippen LogP contribution in [0.4, 0.5) is 13.2 Å². The Bertz CT molecular complexity index is 615. The fraction of sp³-hybridized carbons (Fsp3) is 0.778. The number of aryl methyl sites for hydroxylation is 1. The van der Waals surface area contributed by atoms with Crippen LogP contribution in [0.1, 0.15) is 56.7 Å². The van der Waals surface area contributed by atoms with E-state index in [1.807, 2.05) is 6.92 Å². The minimum absolute atomic E-state index is 0.0224. The minimum Gasteiger partial charge on any atom is -0.396 e. The first-order valence-corrected chi connectivity index (χ1v) is 9.52. The molecule has 0 spiro atoms. The summed E-state index contributed by atoms with van der Waals surface area (Å²) in [5.41, 5.74) is -0.826. The SMILES string of the molecule is CCNC(=NCc1cn(C)nc1C(F)(F)F)NCC1(CCO)CCCCC1. The van der Waals surface area contributed by atoms with E-state index in [1.165, 1.54) is 19.7 Å². The lowest BCUT2D eigenvalue weighted by Gasteiger charge is -2.37. The zero-order valence-corrected chi connectivity index (χ0v) is 16.1. The van der Waals surface area contributed by atoms with Gasteiger partial charge in [-0.15, -0.1) is 0 Å². The Hall–Kier alpha value is -1.77. The van der Waals surface area contributed by atoms with Crippen molar-refractivity contribution >= 4 is 5.96 Å². The van der Waals surface area contributed by atoms with Gasteiger partial charge in [0.15, 0.2) is 11.7 Å². The van der Waals surface area contributed by atoms with Gasteiger partial charge in [-0.3, -0.25) is 4.68 Å². The summed E-state index contributed by atoms with van der Waals surface area (Å²) < 4.78 is 40.4. The van der Waals surface area contributed by atoms with Crippen molar-refractivity contribution in [3.8, 4) is 0 Å². The molecule has 27 heavy (non-hydrogen) atoms. The van der Waals surface area contributed by atoms with Gasteiger partial charge in [0.05, 0.1) is 6.54 Å². The minimum atomic E-state index is -4.49. The van der Waals surface area contributed by atoms with E-state index in [2.05, 4.69) is 20.7 Å². The molecule has 0 amide bonds. The highest BCUT2D eigenvalue weighted by Gasteiger charge is 2.37. The molecule has 0 saturated heterocycles. The number of aliphatic hydroxyl groups is 1. The standard InChI is InChI=1S/C18H30F3N5O/c1-3-22-16(24-13-17(9-10-27)7-5-4-6-8-17)23-11-14-12-26(2)25-15(14)18(19,20)21/h12,27H,3-11,13H2,1-2H3,(H2,22,23,24). The molecule has 0 unspecified atom stereocenters. The maximum absolute atomic E-state index is 13.1. The highest BCUT2D eigenvalue weighted by atomic mass is 19.4. The molecule has 0 bridgehead atoms. The predicted molar refractivity (Wildman–Crippen MR) is 98.2 cm³/mol. The Morgan fingerprint density at radius 2 is 2.00 bits per heavy atom. The zero-order valence-electron chi connectivity index (χ0n) is 16.1. The number of aliphatic hydroxyl groups excluding tert-OH is 1. The molecule has 1 fully saturated rings. The largest absolute Gasteiger partial charge is 0.435 e. The van der Waals surface area contributed by atoms with E-state index in [9.17, 15) is 18.3 Å². The second-order valence-corrected chi connectivity index (χ2v) is 7.26. The second-order valence-electron chi connectivity index (χ2n) is 7.26. The van der Waals surface area contributed by atoms with Crippen LogP contribution in [-0.2, 0) is 19.8 Å². The van der Waals surface area contributed by atoms with Crippen LogP contribution in [0.25, 0.3) is 0 Å². The van der Waals surface area contributed by atoms with Crippen LogP contribution in [0.15, 0.2) is 11.2 Å². The van der Waals surface area contributed by atoms with E-state index >= 15 is 0 Å². The van der Waals surface area contributed by atoms with Crippen molar-refractivity contribution in [1.29, 1.82) is 0 Å². The summed E-state index contributed by atoms with van der Waals surface area (Å²) in [4.78, 5) is 4.33. The second kappa shape index (κ2) is 9.43. The quantitative estimate of drug-likeness (QED) is 0.495. The van der Waals surface area contributed by atoms with Crippen LogP contribution in [0, 0.1) is 5.41 Å². The molecule has 0 aliphatic heterocycles. The Kier molecular flexibility index (Phi) is 7.52. The first kappa shape index (κ1) is 21.5. The predicted octanol–water partition coefficient (Wildman–Crippen LogP) is 2.83. The number of nitrogens with zero attached hydrogens (tertiary/aromatic N) is 3. The van der Waals surface area contributed by atoms with Crippen molar-refractivity contribution in [3.05, 3.63) is 17.5 Å². The van der Waals surface area contributed by atoms with E-state index in [0.717, 1.165) is 36.8 Å². The number of rotatable bonds is 7. The molecule has 0 atom stereocenters. The summed E-state index contributed by atoms with van der Waals surface area (Å²) in [6.45, 7) is 3.20. The number of guanidine groups is 1. The average molecular weight is 389 g/mol. The molecule has 1 saturated carbocycles. The maximum atomic E-state index is 13.1. The highest BCUT2D eigenvalue weighted by molar-refractivity contribution is 5.79. The molecule has 3 N–H and O–H groups in total. The lowest BCUT2D eigenvalue weighted by molar-refractivity contribution is -0.142. The zero-order chi connectivity index (χ0) is 19.9. The monoisotopic (exact) mass is 389 g/mol. The first-order valence-electron chi connectivity index (χ1n) is 9.52. The van der Waals surface area contributed by atoms with Crippen molar-refractivity contribution in [1.82, 2.24) is 20.4 Å². The third-order valence-corrected chi connectivity index (χ3v) is 5.11. The summed E-state index contributed by atoms with van der Waals surface area (Å²) >= 11 is 0. The van der Waals surface area contributed by atoms with Crippen LogP contribution in [0.2, 0.25) is 0 Å². The molecule has 0 aromatic carbocycles. The van der Waals surface area contributed by atoms with Crippen LogP contribution < -0.4 is 10.6 Å². The number of alkyl halides is 3. The topological polar surface area (TPSA) is 74.5 Å². The van der Waals surface area contributed by atoms with Crippen molar-refractivity contribution < 1.29 is 18.3 Å². The molecule has 154 valence electrons. The maximum Gasteiger partial charge on any atom is 0.435 e. The fourth-order valence-electron chi connectivity index (χ4n) is 3.72. The molecule has 0 radical (unpaired) electrons. The van der Waals surface area contributed by atoms with E-state index in [1.54, 1.807) is 0 Å². The van der Waals surface area contributed by atoms with Crippen LogP contribution in [0.3, 0.4) is 0 Å². The number of aromatic nitrogens is 2. The van der Waals surface area contributed by atoms with Gasteiger partial charge in [0.25, 0.3) is 0 Å². The number of hydrogen-bond acceptors (Lipinski definition) is 3. The average Bonchev–Trinajstić information content (AvgIpc) is 3.00. The van der Waals surface area contributed by atoms with Gasteiger partial charge in [-0.1, -0.05) is 19.3 Å². The lowest BCUT2D eigenvalue weighted by atomic mass is 9.72. The third kappa shape index (κ3) is 6.12. The summed E-state index contributed by atoms with van der Waals surface area (Å²) in [6, 6.07) is 0. The van der Waals surface area contributed by atoms with E-state index in [4.69, 9.17) is 0 Å². The number of hydrogen-bond donors (Lipinski definition) is 3. The molecule has 1 aliphatic rings. The Balaban J connectivity index is 2.08. The van der Waals surface area contributed by atoms with Crippen LogP contribution in [0.5, 0.6) is 0 Å². The van der Waals surface area contributed by atoms with Gasteiger partial charge in [0.1, 0.15) is 0 Å². The molecule has 1 aliphatic carbocycles. The van der Waals surface area contributed by atoms with Gasteiger partial charge >= 0.3 is 6.18 Å². The smallest absolute Gasteiger partial charge is 0.396 e. The first-order chi connectivity index (χ1) is 12.8. The van der Waals surface area contributed by atoms with Gasteiger partial charge in [0.2, 0.25) is 0 Å². The Morgan fingerprint density at radius 3 is 2.59 bits per heavy atom. The third-order valence-electron chi connectivity index (χ3n) is 5.11. The molecular formula is C18H30F3N5O. The van der Waals surface area contributed by atoms with E-state index < -0.39 is 11.9 Å². The summed E-state index contributed by atoms with van der Waals surface area (Å²) in [7, 11) is 1.47. The number of nitrogens with one attached hydrogen (secondary N) is 2. The van der Waals surface area contributed by atoms with Gasteiger partial charge in [-0.2, -0.15) is 18.3 Å². The molecule has 9 heteroatoms. The van der Waals surface area contributed by atoms with Crippen molar-refractivity contribution in [2.45, 2.75) is 58.2 Å². The molecule has 6 nitrogen and oxygen atoms in total. The van der Waals surface area contributed by atoms with Crippen molar-refractivity contribution in [3.63, 3.8) is 0 Å². The fourth-order valence-corrected chi connectivity index (χ4v) is 3.72. The van der Waals surface area contributed by atoms with E-state index in [-0.39, 0.29) is 24.1 Å². The molecule has 2 rings (SSSR count). The molecule has 1 heterocycles. The number of aliphatic imine (C=N–C) groups is 1. The highest BCUT2D eigenvalue weighted by Crippen LogP contribution is 2.38. The lowest BCUT2D eigenvalue weighted by Crippen LogP contribution is -2.45. The Morgan fingerprint density at radius 1 is 1.30 bits per heavy atom. The van der Waals surface area contributed by atoms with Crippen LogP contribution >= 0.6 is 0 Å². The normalized spacial score (nSPS) is 17.8. The van der Waals surface area contributed by atoms with Gasteiger partial charge in [0, 0.05) is 38.5 Å². The molecule has 1 aromatic rings. The molecule has 1 aromatic heterocycles. The van der Waals surface area contributed by atoms with Gasteiger partial charge in [-0.05, 0) is 31.6 Å². The Labute approximate surface area is 158 Å². The summed E-state index contributed by atoms with van der Waals surface area (Å²) in [6.07, 6.45) is 3.15. The number of halogens is 3. The van der Waals surface area contributed by atoms with Gasteiger partial charge in [-0.25, -0.2) is 4.99 Å².